The first-order valence-electron chi connectivity index (χ1n) is 20.9. The molecule has 280 valence electrons. The van der Waals surface area contributed by atoms with Gasteiger partial charge in [-0.1, -0.05) is 141 Å². The first kappa shape index (κ1) is 37.3. The number of nitrogens with zero attached hydrogens (tertiary/aromatic N) is 2. The van der Waals surface area contributed by atoms with Crippen molar-refractivity contribution < 1.29 is 19.2 Å². The largest absolute Gasteiger partial charge is 0.275 e. The summed E-state index contributed by atoms with van der Waals surface area (Å²) in [6.07, 6.45) is 24.2. The van der Waals surface area contributed by atoms with Crippen molar-refractivity contribution in [2.75, 3.05) is 0 Å². The number of fused-ring (bicyclic) bond motifs is 2. The summed E-state index contributed by atoms with van der Waals surface area (Å²) in [5.41, 5.74) is 2.97. The second-order valence-corrected chi connectivity index (χ2v) is 16.4. The van der Waals surface area contributed by atoms with E-state index in [0.717, 1.165) is 141 Å². The van der Waals surface area contributed by atoms with E-state index in [2.05, 4.69) is 39.8 Å². The van der Waals surface area contributed by atoms with Gasteiger partial charge in [0.05, 0.1) is 5.41 Å². The molecule has 0 N–H and O–H groups in total. The molecule has 6 heteroatoms. The molecule has 2 aliphatic carbocycles. The number of hydrogen-bond donors (Lipinski definition) is 0. The Labute approximate surface area is 315 Å². The fraction of sp³-hybridized carbons (Fsp3) is 0.532. The predicted octanol–water partition coefficient (Wildman–Crippen LogP) is 10.6. The Kier molecular flexibility index (Phi) is 10.8. The van der Waals surface area contributed by atoms with Crippen LogP contribution in [0.5, 0.6) is 0 Å². The van der Waals surface area contributed by atoms with Gasteiger partial charge in [0, 0.05) is 40.1 Å². The zero-order chi connectivity index (χ0) is 37.4. The number of imide groups is 2. The summed E-state index contributed by atoms with van der Waals surface area (Å²) in [6.45, 7) is 10.8. The Hall–Kier alpha value is -4.06. The van der Waals surface area contributed by atoms with E-state index in [4.69, 9.17) is 0 Å². The Balaban J connectivity index is 1.34. The van der Waals surface area contributed by atoms with Gasteiger partial charge in [0.15, 0.2) is 0 Å². The molecule has 2 aliphatic heterocycles. The Morgan fingerprint density at radius 1 is 0.604 bits per heavy atom. The number of carbonyl (C=O) groups excluding carboxylic acids is 4. The first-order chi connectivity index (χ1) is 25.7. The lowest BCUT2D eigenvalue weighted by Crippen LogP contribution is -2.59. The molecule has 4 amide bonds. The van der Waals surface area contributed by atoms with E-state index in [1.54, 1.807) is 9.80 Å². The van der Waals surface area contributed by atoms with E-state index < -0.39 is 11.3 Å². The molecular formula is C47H58N2O4. The van der Waals surface area contributed by atoms with Crippen LogP contribution < -0.4 is 5.22 Å². The van der Waals surface area contributed by atoms with Crippen LogP contribution in [0.2, 0.25) is 0 Å². The van der Waals surface area contributed by atoms with E-state index >= 15 is 0 Å². The summed E-state index contributed by atoms with van der Waals surface area (Å²) in [7, 11) is 0. The van der Waals surface area contributed by atoms with E-state index in [-0.39, 0.29) is 35.7 Å². The van der Waals surface area contributed by atoms with Crippen LogP contribution in [0.3, 0.4) is 0 Å². The first-order valence-corrected chi connectivity index (χ1v) is 20.9. The predicted molar refractivity (Wildman–Crippen MR) is 216 cm³/mol. The minimum absolute atomic E-state index is 0.0912. The fourth-order valence-corrected chi connectivity index (χ4v) is 10.0. The molecule has 0 aromatic heterocycles. The van der Waals surface area contributed by atoms with Crippen molar-refractivity contribution in [3.8, 4) is 0 Å². The van der Waals surface area contributed by atoms with Crippen molar-refractivity contribution in [3.05, 3.63) is 69.5 Å². The van der Waals surface area contributed by atoms with Crippen molar-refractivity contribution >= 4 is 57.3 Å². The van der Waals surface area contributed by atoms with Gasteiger partial charge in [-0.25, -0.2) is 0 Å². The number of amides is 4. The molecule has 0 radical (unpaired) electrons. The molecular weight excluding hydrogens is 657 g/mol. The van der Waals surface area contributed by atoms with Gasteiger partial charge in [0.2, 0.25) is 5.91 Å². The number of benzene rings is 3. The number of rotatable bonds is 18. The molecule has 3 aromatic carbocycles. The maximum atomic E-state index is 14.8. The number of unbranched alkanes of at least 4 members (excludes halogenated alkanes) is 8. The van der Waals surface area contributed by atoms with Crippen LogP contribution in [-0.2, 0) is 9.59 Å². The molecule has 2 atom stereocenters. The van der Waals surface area contributed by atoms with Gasteiger partial charge in [0.1, 0.15) is 0 Å². The van der Waals surface area contributed by atoms with Gasteiger partial charge in [-0.15, -0.1) is 0 Å². The SMILES string of the molecule is CCCCCC(CCCCC)N1C(=O)c2ccc3c4c5c(c6ccc(c2c36)C1=O)=CC=C1C(=O)N(C(CCCCC)CCCCC)C(=O)C(C)(C=C4)C15. The molecule has 0 bridgehead atoms. The van der Waals surface area contributed by atoms with Crippen molar-refractivity contribution in [1.29, 1.82) is 0 Å². The highest BCUT2D eigenvalue weighted by Crippen LogP contribution is 2.54. The van der Waals surface area contributed by atoms with Crippen molar-refractivity contribution in [2.24, 2.45) is 5.41 Å². The zero-order valence-electron chi connectivity index (χ0n) is 32.7. The molecule has 1 saturated heterocycles. The molecule has 6 nitrogen and oxygen atoms in total. The van der Waals surface area contributed by atoms with Gasteiger partial charge in [-0.2, -0.15) is 0 Å². The minimum atomic E-state index is -0.898. The number of allylic oxidation sites excluding steroid dienone is 1. The Bertz CT molecular complexity index is 2030. The average Bonchev–Trinajstić information content (AvgIpc) is 3.16. The number of carbonyl (C=O) groups is 4. The van der Waals surface area contributed by atoms with E-state index in [1.165, 1.54) is 0 Å². The van der Waals surface area contributed by atoms with E-state index in [9.17, 15) is 19.2 Å². The van der Waals surface area contributed by atoms with Gasteiger partial charge < -0.3 is 0 Å². The molecule has 2 unspecified atom stereocenters. The van der Waals surface area contributed by atoms with Crippen LogP contribution >= 0.6 is 0 Å². The zero-order valence-corrected chi connectivity index (χ0v) is 32.7. The molecule has 1 fully saturated rings. The number of hydrogen-bond acceptors (Lipinski definition) is 4. The average molecular weight is 715 g/mol. The highest BCUT2D eigenvalue weighted by molar-refractivity contribution is 6.31. The molecule has 3 aromatic rings. The van der Waals surface area contributed by atoms with Crippen LogP contribution in [0, 0.1) is 5.41 Å². The van der Waals surface area contributed by atoms with Crippen LogP contribution in [0.1, 0.15) is 175 Å². The summed E-state index contributed by atoms with van der Waals surface area (Å²) in [5.74, 6) is -1.01. The standard InChI is InChI=1S/C47H58N2O4/c1-6-10-14-18-30(19-15-11-7-2)48-43(50)36-25-22-32-34-24-27-38-42-41(34)35(33-23-26-37(44(48)51)40(36)39(32)33)28-29-47(42,5)46(53)49(45(38)52)31(20-16-12-8-3)21-17-13-9-4/h22-31,42H,6-21H2,1-5H3. The molecule has 0 spiro atoms. The van der Waals surface area contributed by atoms with Crippen LogP contribution in [0.4, 0.5) is 0 Å². The lowest BCUT2D eigenvalue weighted by atomic mass is 9.60. The lowest BCUT2D eigenvalue weighted by Gasteiger charge is -2.49. The van der Waals surface area contributed by atoms with Crippen molar-refractivity contribution in [3.63, 3.8) is 0 Å². The second kappa shape index (κ2) is 15.4. The smallest absolute Gasteiger partial charge is 0.261 e. The molecule has 4 aliphatic rings. The molecule has 2 heterocycles. The summed E-state index contributed by atoms with van der Waals surface area (Å²) in [6, 6.07) is 7.71. The van der Waals surface area contributed by atoms with Crippen molar-refractivity contribution in [2.45, 2.75) is 155 Å². The monoisotopic (exact) mass is 714 g/mol. The van der Waals surface area contributed by atoms with Crippen LogP contribution in [-0.4, -0.2) is 45.5 Å². The third-order valence-electron chi connectivity index (χ3n) is 12.9. The van der Waals surface area contributed by atoms with Gasteiger partial charge in [-0.05, 0) is 77.2 Å². The second-order valence-electron chi connectivity index (χ2n) is 16.4. The minimum Gasteiger partial charge on any atom is -0.275 e. The summed E-state index contributed by atoms with van der Waals surface area (Å²) >= 11 is 0. The maximum absolute atomic E-state index is 14.8. The summed E-state index contributed by atoms with van der Waals surface area (Å²) < 4.78 is 0. The van der Waals surface area contributed by atoms with Crippen LogP contribution in [0.15, 0.2) is 42.0 Å². The Morgan fingerprint density at radius 2 is 1.11 bits per heavy atom. The van der Waals surface area contributed by atoms with Gasteiger partial charge in [-0.3, -0.25) is 29.0 Å². The highest BCUT2D eigenvalue weighted by atomic mass is 16.2. The number of piperidine rings is 1. The Morgan fingerprint density at radius 3 is 1.64 bits per heavy atom. The fourth-order valence-electron chi connectivity index (χ4n) is 10.0. The quantitative estimate of drug-likeness (QED) is 0.0971. The number of likely N-dealkylation sites (tertiary alicyclic amines) is 1. The topological polar surface area (TPSA) is 74.8 Å². The third kappa shape index (κ3) is 6.09. The highest BCUT2D eigenvalue weighted by Gasteiger charge is 2.56. The van der Waals surface area contributed by atoms with Gasteiger partial charge in [0.25, 0.3) is 17.7 Å². The maximum Gasteiger partial charge on any atom is 0.261 e. The third-order valence-corrected chi connectivity index (χ3v) is 12.9. The summed E-state index contributed by atoms with van der Waals surface area (Å²) in [5, 5.41) is 4.56. The molecule has 7 rings (SSSR count). The molecule has 53 heavy (non-hydrogen) atoms. The van der Waals surface area contributed by atoms with Gasteiger partial charge >= 0.3 is 0 Å². The lowest BCUT2D eigenvalue weighted by molar-refractivity contribution is -0.155. The van der Waals surface area contributed by atoms with E-state index in [0.29, 0.717) is 16.7 Å². The van der Waals surface area contributed by atoms with Crippen molar-refractivity contribution in [1.82, 2.24) is 9.80 Å². The van der Waals surface area contributed by atoms with E-state index in [1.807, 2.05) is 43.3 Å². The normalized spacial score (nSPS) is 20.4. The van der Waals surface area contributed by atoms with Crippen LogP contribution in [0.25, 0.3) is 33.7 Å². The summed E-state index contributed by atoms with van der Waals surface area (Å²) in [4.78, 5) is 61.4. The molecule has 0 saturated carbocycles.